The Morgan fingerprint density at radius 1 is 0.442 bits per heavy atom. The largest absolute Gasteiger partial charge is 0.454 e. The van der Waals surface area contributed by atoms with Crippen LogP contribution in [0.4, 0.5) is 5.69 Å². The molecule has 0 radical (unpaired) electrons. The van der Waals surface area contributed by atoms with Crippen molar-refractivity contribution in [2.75, 3.05) is 0 Å². The molecule has 0 aliphatic heterocycles. The zero-order chi connectivity index (χ0) is 58.4. The van der Waals surface area contributed by atoms with Crippen molar-refractivity contribution < 1.29 is 4.42 Å². The van der Waals surface area contributed by atoms with E-state index < -0.39 is 0 Å². The number of nitriles is 1. The van der Waals surface area contributed by atoms with Gasteiger partial charge in [-0.3, -0.25) is 0 Å². The Morgan fingerprint density at radius 2 is 0.965 bits per heavy atom. The first-order valence-corrected chi connectivity index (χ1v) is 30.3. The number of hydrogen-bond acceptors (Lipinski definition) is 3. The van der Waals surface area contributed by atoms with E-state index in [1.807, 2.05) is 6.07 Å². The van der Waals surface area contributed by atoms with Gasteiger partial charge >= 0.3 is 0 Å². The summed E-state index contributed by atoms with van der Waals surface area (Å²) in [6.45, 7) is 28.2. The van der Waals surface area contributed by atoms with Gasteiger partial charge in [0.25, 0.3) is 0 Å². The highest BCUT2D eigenvalue weighted by atomic mass is 32.1. The molecule has 6 heterocycles. The van der Waals surface area contributed by atoms with Gasteiger partial charge in [0, 0.05) is 69.3 Å². The van der Waals surface area contributed by atoms with Gasteiger partial charge in [0.1, 0.15) is 11.7 Å². The third-order valence-electron chi connectivity index (χ3n) is 18.6. The number of para-hydroxylation sites is 5. The van der Waals surface area contributed by atoms with E-state index in [0.29, 0.717) is 33.9 Å². The summed E-state index contributed by atoms with van der Waals surface area (Å²) in [4.78, 5) is 4.97. The maximum absolute atomic E-state index is 13.1. The molecule has 0 aliphatic rings. The standard InChI is InChI=1S/C78H56N6OS/c1-43-38-54-51-35-36-52-50-26-15-21-33-66(50)86-76(52)72(51)84(64(54)39-44(43)2)74-70(81-59-28-16-10-22-46(59)47-23-11-17-29-60(47)81)57(42-79)69(68(80-9)73(74)82-61-30-18-12-24-48(61)49-25-13-19-31-62(49)82)83-63-37-34-45(77(3,4)5)40-55(63)56-41-58(78(6,7)8)67-53-27-14-20-32-65(53)85-75(67)71(56)83/h10-41H,1-8H3. The number of furan rings is 1. The van der Waals surface area contributed by atoms with E-state index in [0.717, 1.165) is 130 Å². The number of aryl methyl sites for hydroxylation is 2. The first-order chi connectivity index (χ1) is 41.7. The molecule has 86 heavy (non-hydrogen) atoms. The molecule has 0 unspecified atom stereocenters. The van der Waals surface area contributed by atoms with Crippen molar-refractivity contribution in [3.63, 3.8) is 0 Å². The second kappa shape index (κ2) is 17.6. The first-order valence-electron chi connectivity index (χ1n) is 29.5. The molecular formula is C78H56N6OS. The Morgan fingerprint density at radius 3 is 1.57 bits per heavy atom. The minimum Gasteiger partial charge on any atom is -0.454 e. The summed E-state index contributed by atoms with van der Waals surface area (Å²) in [5, 5.41) is 25.9. The zero-order valence-electron chi connectivity index (χ0n) is 49.0. The molecule has 0 saturated heterocycles. The lowest BCUT2D eigenvalue weighted by atomic mass is 9.82. The Hall–Kier alpha value is -10.4. The molecule has 6 aromatic heterocycles. The molecule has 7 nitrogen and oxygen atoms in total. The topological polar surface area (TPSA) is 61.0 Å². The first kappa shape index (κ1) is 50.2. The monoisotopic (exact) mass is 1120 g/mol. The molecule has 8 heteroatoms. The van der Waals surface area contributed by atoms with Crippen LogP contribution in [0, 0.1) is 31.8 Å². The summed E-state index contributed by atoms with van der Waals surface area (Å²) >= 11 is 1.80. The van der Waals surface area contributed by atoms with Gasteiger partial charge in [0.05, 0.1) is 83.7 Å². The van der Waals surface area contributed by atoms with Crippen LogP contribution >= 0.6 is 11.3 Å². The fourth-order valence-corrected chi connectivity index (χ4v) is 15.8. The Labute approximate surface area is 499 Å². The summed E-state index contributed by atoms with van der Waals surface area (Å²) in [6.07, 6.45) is 0. The number of benzene rings is 11. The molecule has 0 fully saturated rings. The lowest BCUT2D eigenvalue weighted by Crippen LogP contribution is -2.15. The minimum atomic E-state index is -0.303. The van der Waals surface area contributed by atoms with Gasteiger partial charge in [-0.25, -0.2) is 4.85 Å². The van der Waals surface area contributed by atoms with Crippen LogP contribution in [0.3, 0.4) is 0 Å². The molecule has 0 amide bonds. The molecule has 17 rings (SSSR count). The maximum atomic E-state index is 13.1. The quantitative estimate of drug-likeness (QED) is 0.165. The minimum absolute atomic E-state index is 0.202. The lowest BCUT2D eigenvalue weighted by Gasteiger charge is -2.27. The predicted molar refractivity (Wildman–Crippen MR) is 362 cm³/mol. The van der Waals surface area contributed by atoms with E-state index in [1.165, 1.54) is 21.2 Å². The van der Waals surface area contributed by atoms with Gasteiger partial charge < -0.3 is 22.7 Å². The third-order valence-corrected chi connectivity index (χ3v) is 19.8. The second-order valence-electron chi connectivity index (χ2n) is 25.5. The average Bonchev–Trinajstić information content (AvgIpc) is 1.64. The van der Waals surface area contributed by atoms with Crippen LogP contribution in [0.2, 0.25) is 0 Å². The molecular weight excluding hydrogens is 1070 g/mol. The number of rotatable bonds is 4. The van der Waals surface area contributed by atoms with Gasteiger partial charge in [-0.15, -0.1) is 11.3 Å². The highest BCUT2D eigenvalue weighted by molar-refractivity contribution is 7.26. The van der Waals surface area contributed by atoms with Crippen molar-refractivity contribution >= 4 is 146 Å². The maximum Gasteiger partial charge on any atom is 0.237 e. The predicted octanol–water partition coefficient (Wildman–Crippen LogP) is 22.0. The second-order valence-corrected chi connectivity index (χ2v) is 26.5. The fourth-order valence-electron chi connectivity index (χ4n) is 14.5. The number of hydrogen-bond donors (Lipinski definition) is 0. The molecule has 0 spiro atoms. The molecule has 410 valence electrons. The van der Waals surface area contributed by atoms with E-state index >= 15 is 0 Å². The van der Waals surface area contributed by atoms with Crippen molar-refractivity contribution in [2.24, 2.45) is 0 Å². The Balaban J connectivity index is 1.22. The van der Waals surface area contributed by atoms with Crippen molar-refractivity contribution in [1.82, 2.24) is 18.3 Å². The van der Waals surface area contributed by atoms with E-state index in [2.05, 4.69) is 268 Å². The Bertz CT molecular complexity index is 5720. The van der Waals surface area contributed by atoms with E-state index in [4.69, 9.17) is 9.26 Å². The highest BCUT2D eigenvalue weighted by Gasteiger charge is 2.37. The Kier molecular flexibility index (Phi) is 10.3. The third kappa shape index (κ3) is 6.65. The summed E-state index contributed by atoms with van der Waals surface area (Å²) < 4.78 is 19.1. The van der Waals surface area contributed by atoms with Crippen LogP contribution in [-0.2, 0) is 10.8 Å². The van der Waals surface area contributed by atoms with Gasteiger partial charge in [0.15, 0.2) is 5.58 Å². The van der Waals surface area contributed by atoms with Crippen LogP contribution in [0.15, 0.2) is 199 Å². The highest BCUT2D eigenvalue weighted by Crippen LogP contribution is 2.55. The van der Waals surface area contributed by atoms with Gasteiger partial charge in [-0.2, -0.15) is 5.26 Å². The molecule has 0 N–H and O–H groups in total. The van der Waals surface area contributed by atoms with E-state index in [9.17, 15) is 11.8 Å². The fraction of sp³-hybridized carbons (Fsp3) is 0.128. The van der Waals surface area contributed by atoms with Crippen LogP contribution in [-0.4, -0.2) is 18.3 Å². The number of fused-ring (bicyclic) bond motifs is 20. The van der Waals surface area contributed by atoms with E-state index in [1.54, 1.807) is 11.3 Å². The van der Waals surface area contributed by atoms with Crippen molar-refractivity contribution in [2.45, 2.75) is 66.2 Å². The zero-order valence-corrected chi connectivity index (χ0v) is 49.8. The summed E-state index contributed by atoms with van der Waals surface area (Å²) in [6, 6.07) is 72.9. The average molecular weight is 1130 g/mol. The van der Waals surface area contributed by atoms with Crippen molar-refractivity contribution in [3.8, 4) is 28.8 Å². The van der Waals surface area contributed by atoms with Gasteiger partial charge in [0.2, 0.25) is 5.69 Å². The normalized spacial score (nSPS) is 12.6. The number of aromatic nitrogens is 4. The van der Waals surface area contributed by atoms with Crippen molar-refractivity contribution in [3.05, 3.63) is 233 Å². The molecule has 11 aromatic carbocycles. The summed E-state index contributed by atoms with van der Waals surface area (Å²) in [7, 11) is 0. The number of thiophene rings is 1. The van der Waals surface area contributed by atoms with Crippen LogP contribution in [0.25, 0.3) is 157 Å². The van der Waals surface area contributed by atoms with Gasteiger partial charge in [-0.05, 0) is 114 Å². The van der Waals surface area contributed by atoms with E-state index in [-0.39, 0.29) is 10.8 Å². The molecule has 0 atom stereocenters. The molecule has 17 aromatic rings. The van der Waals surface area contributed by atoms with Crippen molar-refractivity contribution in [1.29, 1.82) is 5.26 Å². The van der Waals surface area contributed by atoms with Crippen LogP contribution in [0.5, 0.6) is 0 Å². The van der Waals surface area contributed by atoms with Gasteiger partial charge in [-0.1, -0.05) is 169 Å². The SMILES string of the molecule is [C-]#[N+]c1c(-n2c3ccccc3c3ccccc32)c(-n2c3cc(C)c(C)cc3c3ccc4c5ccccc5sc4c32)c(-n2c3ccccc3c3ccccc32)c(C#N)c1-n1c2ccc(C(C)(C)C)cc2c2cc(C(C)(C)C)c3c4ccccc4oc3c21. The smallest absolute Gasteiger partial charge is 0.237 e. The molecule has 0 saturated carbocycles. The van der Waals surface area contributed by atoms with Crippen LogP contribution < -0.4 is 0 Å². The summed E-state index contributed by atoms with van der Waals surface area (Å²) in [5.41, 5.74) is 16.3. The number of nitrogens with zero attached hydrogens (tertiary/aromatic N) is 6. The van der Waals surface area contributed by atoms with Crippen LogP contribution in [0.1, 0.15) is 69.4 Å². The molecule has 0 aliphatic carbocycles. The lowest BCUT2D eigenvalue weighted by molar-refractivity contribution is 0.591. The summed E-state index contributed by atoms with van der Waals surface area (Å²) in [5.74, 6) is 0. The molecule has 0 bridgehead atoms.